The van der Waals surface area contributed by atoms with Gasteiger partial charge in [0.1, 0.15) is 18.1 Å². The van der Waals surface area contributed by atoms with Crippen LogP contribution in [0.3, 0.4) is 0 Å². The van der Waals surface area contributed by atoms with Gasteiger partial charge in [0.2, 0.25) is 35.4 Å². The maximum absolute atomic E-state index is 14.3. The van der Waals surface area contributed by atoms with Crippen molar-refractivity contribution >= 4 is 58.1 Å². The molecular formula is C45H51N7O10. The van der Waals surface area contributed by atoms with Crippen LogP contribution in [0.5, 0.6) is 0 Å². The Hall–Kier alpha value is -7.32. The Morgan fingerprint density at radius 3 is 2.00 bits per heavy atom. The molecule has 1 heterocycles. The summed E-state index contributed by atoms with van der Waals surface area (Å²) in [6, 6.07) is 18.2. The van der Waals surface area contributed by atoms with Gasteiger partial charge in [-0.2, -0.15) is 0 Å². The molecule has 62 heavy (non-hydrogen) atoms. The molecule has 0 aliphatic rings. The molecule has 4 atom stereocenters. The molecule has 17 nitrogen and oxygen atoms in total. The number of carbonyl (C=O) groups excluding carboxylic acids is 7. The average Bonchev–Trinajstić information content (AvgIpc) is 3.67. The molecule has 3 aromatic carbocycles. The lowest BCUT2D eigenvalue weighted by atomic mass is 9.97. The number of carboxylic acids is 1. The van der Waals surface area contributed by atoms with E-state index in [1.165, 1.54) is 5.48 Å². The number of aromatic nitrogens is 1. The Bertz CT molecular complexity index is 2250. The fraction of sp³-hybridized carbons (Fsp3) is 0.333. The van der Waals surface area contributed by atoms with Gasteiger partial charge in [0.05, 0.1) is 12.3 Å². The summed E-state index contributed by atoms with van der Waals surface area (Å²) in [7, 11) is 0. The lowest BCUT2D eigenvalue weighted by molar-refractivity contribution is -0.143. The standard InChI is InChI=1S/C45H51N7O10/c1-2-3-5-17-38(53)47-22-11-10-16-35(42(46)58)49-44(60)36(23-28-18-20-30(21-19-28)41(57)29-12-6-4-7-13-29)51-45(61)37(24-32-27-48-34-15-9-8-14-33(32)34)50-43(59)31(26-40(55)56)25-39(54)52-62/h1,4,6-9,12-15,18-21,27,31,35-37,48,62H,3,5,10-11,16-17,22-26H2,(H2,46,58)(H,47,53)(H,49,60)(H,50,59)(H,51,61)(H,52,54)(H,55,56)/t31-,35?,36+,37+/m1/s1. The van der Waals surface area contributed by atoms with Crippen LogP contribution in [-0.4, -0.2) is 87.2 Å². The van der Waals surface area contributed by atoms with Crippen LogP contribution in [0.4, 0.5) is 0 Å². The summed E-state index contributed by atoms with van der Waals surface area (Å²) in [5.41, 5.74) is 9.74. The third-order valence-electron chi connectivity index (χ3n) is 10.0. The second-order valence-electron chi connectivity index (χ2n) is 14.7. The number of ketones is 1. The molecule has 326 valence electrons. The van der Waals surface area contributed by atoms with Crippen LogP contribution in [0.15, 0.2) is 85.1 Å². The van der Waals surface area contributed by atoms with Crippen LogP contribution >= 0.6 is 0 Å². The van der Waals surface area contributed by atoms with E-state index in [9.17, 15) is 43.5 Å². The number of terminal acetylenes is 1. The summed E-state index contributed by atoms with van der Waals surface area (Å²) in [6.07, 6.45) is 7.32. The molecular weight excluding hydrogens is 799 g/mol. The number of carboxylic acid groups (broad SMARTS) is 1. The lowest BCUT2D eigenvalue weighted by Gasteiger charge is -2.26. The summed E-state index contributed by atoms with van der Waals surface area (Å²) in [6.45, 7) is 0.317. The van der Waals surface area contributed by atoms with Crippen LogP contribution in [-0.2, 0) is 46.4 Å². The van der Waals surface area contributed by atoms with Gasteiger partial charge < -0.3 is 37.1 Å². The number of hydrogen-bond donors (Lipinski definition) is 9. The fourth-order valence-electron chi connectivity index (χ4n) is 6.72. The Labute approximate surface area is 357 Å². The van der Waals surface area contributed by atoms with Crippen LogP contribution in [0.2, 0.25) is 0 Å². The lowest BCUT2D eigenvalue weighted by Crippen LogP contribution is -2.58. The van der Waals surface area contributed by atoms with Gasteiger partial charge in [-0.3, -0.25) is 43.6 Å². The average molecular weight is 850 g/mol. The number of unbranched alkanes of at least 4 members (excludes halogenated alkanes) is 2. The molecule has 0 bridgehead atoms. The molecule has 0 radical (unpaired) electrons. The van der Waals surface area contributed by atoms with Gasteiger partial charge >= 0.3 is 5.97 Å². The molecule has 4 rings (SSSR count). The highest BCUT2D eigenvalue weighted by atomic mass is 16.5. The zero-order valence-electron chi connectivity index (χ0n) is 34.0. The van der Waals surface area contributed by atoms with E-state index in [0.29, 0.717) is 59.9 Å². The molecule has 0 spiro atoms. The number of fused-ring (bicyclic) bond motifs is 1. The number of aliphatic carboxylic acids is 1. The van der Waals surface area contributed by atoms with Crippen molar-refractivity contribution in [2.75, 3.05) is 6.54 Å². The number of hydroxylamine groups is 1. The first-order chi connectivity index (χ1) is 29.8. The molecule has 1 aromatic heterocycles. The van der Waals surface area contributed by atoms with Gasteiger partial charge in [0.15, 0.2) is 5.78 Å². The predicted octanol–water partition coefficient (Wildman–Crippen LogP) is 2.20. The SMILES string of the molecule is C#CCCCC(=O)NCCCCC(NC(=O)[C@H](Cc1ccc(C(=O)c2ccccc2)cc1)NC(=O)[C@H](Cc1c[nH]c2ccccc12)NC(=O)[C@@H](CC(=O)O)CC(=O)NO)C(N)=O. The number of carbonyl (C=O) groups is 8. The monoisotopic (exact) mass is 849 g/mol. The minimum Gasteiger partial charge on any atom is -0.481 e. The summed E-state index contributed by atoms with van der Waals surface area (Å²) in [5, 5.41) is 29.9. The van der Waals surface area contributed by atoms with Gasteiger partial charge in [-0.05, 0) is 42.9 Å². The summed E-state index contributed by atoms with van der Waals surface area (Å²) >= 11 is 0. The van der Waals surface area contributed by atoms with Gasteiger partial charge in [-0.15, -0.1) is 12.3 Å². The number of nitrogens with one attached hydrogen (secondary N) is 6. The maximum Gasteiger partial charge on any atom is 0.304 e. The second-order valence-corrected chi connectivity index (χ2v) is 14.7. The number of amides is 6. The smallest absolute Gasteiger partial charge is 0.304 e. The minimum absolute atomic E-state index is 0.108. The molecule has 17 heteroatoms. The van der Waals surface area contributed by atoms with E-state index < -0.39 is 72.4 Å². The number of rotatable bonds is 25. The van der Waals surface area contributed by atoms with E-state index in [1.807, 2.05) is 0 Å². The maximum atomic E-state index is 14.3. The summed E-state index contributed by atoms with van der Waals surface area (Å²) in [5.74, 6) is -5.34. The van der Waals surface area contributed by atoms with Crippen molar-refractivity contribution in [2.45, 2.75) is 82.3 Å². The number of para-hydroxylation sites is 1. The number of nitrogens with two attached hydrogens (primary N) is 1. The first-order valence-corrected chi connectivity index (χ1v) is 20.1. The van der Waals surface area contributed by atoms with Gasteiger partial charge in [0.25, 0.3) is 0 Å². The molecule has 0 saturated heterocycles. The Kier molecular flexibility index (Phi) is 18.4. The van der Waals surface area contributed by atoms with Crippen molar-refractivity contribution < 1.29 is 48.7 Å². The van der Waals surface area contributed by atoms with Crippen LogP contribution in [0, 0.1) is 18.3 Å². The first kappa shape index (κ1) is 47.4. The van der Waals surface area contributed by atoms with Crippen molar-refractivity contribution in [2.24, 2.45) is 11.7 Å². The highest BCUT2D eigenvalue weighted by molar-refractivity contribution is 6.09. The molecule has 0 aliphatic heterocycles. The largest absolute Gasteiger partial charge is 0.481 e. The van der Waals surface area contributed by atoms with Gasteiger partial charge in [-0.1, -0.05) is 72.8 Å². The van der Waals surface area contributed by atoms with Crippen LogP contribution < -0.4 is 32.5 Å². The molecule has 6 amide bonds. The highest BCUT2D eigenvalue weighted by Crippen LogP contribution is 2.21. The van der Waals surface area contributed by atoms with E-state index in [0.717, 1.165) is 5.52 Å². The van der Waals surface area contributed by atoms with E-state index in [-0.39, 0.29) is 37.4 Å². The van der Waals surface area contributed by atoms with E-state index in [2.05, 4.69) is 32.2 Å². The molecule has 10 N–H and O–H groups in total. The number of primary amides is 1. The third kappa shape index (κ3) is 14.7. The topological polar surface area (TPSA) is 279 Å². The Morgan fingerprint density at radius 2 is 1.34 bits per heavy atom. The van der Waals surface area contributed by atoms with Crippen molar-refractivity contribution in [1.82, 2.24) is 31.7 Å². The van der Waals surface area contributed by atoms with Crippen LogP contribution in [0.25, 0.3) is 10.9 Å². The van der Waals surface area contributed by atoms with E-state index in [1.54, 1.807) is 85.1 Å². The molecule has 4 aromatic rings. The third-order valence-corrected chi connectivity index (χ3v) is 10.0. The summed E-state index contributed by atoms with van der Waals surface area (Å²) in [4.78, 5) is 107. The molecule has 1 unspecified atom stereocenters. The number of benzene rings is 3. The highest BCUT2D eigenvalue weighted by Gasteiger charge is 2.33. The number of H-pyrrole nitrogens is 1. The van der Waals surface area contributed by atoms with Gasteiger partial charge in [-0.25, -0.2) is 5.48 Å². The fourth-order valence-corrected chi connectivity index (χ4v) is 6.72. The minimum atomic E-state index is -1.49. The van der Waals surface area contributed by atoms with Crippen molar-refractivity contribution in [1.29, 1.82) is 0 Å². The second kappa shape index (κ2) is 24.1. The van der Waals surface area contributed by atoms with Crippen molar-refractivity contribution in [3.8, 4) is 12.3 Å². The Morgan fingerprint density at radius 1 is 0.710 bits per heavy atom. The van der Waals surface area contributed by atoms with E-state index in [4.69, 9.17) is 17.4 Å². The zero-order chi connectivity index (χ0) is 45.0. The zero-order valence-corrected chi connectivity index (χ0v) is 34.0. The number of hydrogen-bond acceptors (Lipinski definition) is 9. The van der Waals surface area contributed by atoms with Crippen molar-refractivity contribution in [3.05, 3.63) is 107 Å². The number of aromatic amines is 1. The molecule has 0 saturated carbocycles. The van der Waals surface area contributed by atoms with Gasteiger partial charge in [0, 0.05) is 66.9 Å². The van der Waals surface area contributed by atoms with Crippen molar-refractivity contribution in [3.63, 3.8) is 0 Å². The molecule has 0 aliphatic carbocycles. The normalized spacial score (nSPS) is 12.7. The molecule has 0 fully saturated rings. The summed E-state index contributed by atoms with van der Waals surface area (Å²) < 4.78 is 0. The Balaban J connectivity index is 1.60. The quantitative estimate of drug-likeness (QED) is 0.0154. The van der Waals surface area contributed by atoms with Crippen LogP contribution in [0.1, 0.15) is 78.4 Å². The first-order valence-electron chi connectivity index (χ1n) is 20.1. The predicted molar refractivity (Wildman–Crippen MR) is 227 cm³/mol. The van der Waals surface area contributed by atoms with E-state index >= 15 is 0 Å².